The number of rotatable bonds is 1. The van der Waals surface area contributed by atoms with Crippen LogP contribution in [-0.4, -0.2) is 36.7 Å². The van der Waals surface area contributed by atoms with E-state index < -0.39 is 0 Å². The highest BCUT2D eigenvalue weighted by molar-refractivity contribution is 5.89. The van der Waals surface area contributed by atoms with Crippen molar-refractivity contribution < 1.29 is 9.53 Å². The standard InChI is InChI=1S/C14H16N2O2/c1-3-12-5-4-6-13(9-12)15-14(17)16-7-8-18-11(2)10-16/h1,4-6,9,11H,7-8,10H2,2H3,(H,15,17). The lowest BCUT2D eigenvalue weighted by molar-refractivity contribution is -0.00138. The van der Waals surface area contributed by atoms with E-state index in [0.717, 1.165) is 11.3 Å². The molecule has 0 spiro atoms. The number of benzene rings is 1. The summed E-state index contributed by atoms with van der Waals surface area (Å²) in [5, 5.41) is 2.84. The molecule has 0 radical (unpaired) electrons. The van der Waals surface area contributed by atoms with Crippen LogP contribution in [-0.2, 0) is 4.74 Å². The molecule has 0 bridgehead atoms. The van der Waals surface area contributed by atoms with E-state index in [-0.39, 0.29) is 12.1 Å². The third-order valence-corrected chi connectivity index (χ3v) is 2.81. The van der Waals surface area contributed by atoms with Crippen molar-refractivity contribution in [3.63, 3.8) is 0 Å². The maximum atomic E-state index is 12.0. The number of anilines is 1. The maximum Gasteiger partial charge on any atom is 0.322 e. The summed E-state index contributed by atoms with van der Waals surface area (Å²) in [5.74, 6) is 2.54. The van der Waals surface area contributed by atoms with Crippen LogP contribution in [0.2, 0.25) is 0 Å². The Labute approximate surface area is 107 Å². The normalized spacial score (nSPS) is 19.1. The molecule has 1 fully saturated rings. The second kappa shape index (κ2) is 5.56. The number of amides is 2. The molecule has 1 aliphatic heterocycles. The number of hydrogen-bond donors (Lipinski definition) is 1. The molecule has 1 atom stereocenters. The molecule has 0 aromatic heterocycles. The summed E-state index contributed by atoms with van der Waals surface area (Å²) >= 11 is 0. The van der Waals surface area contributed by atoms with Crippen molar-refractivity contribution in [2.75, 3.05) is 25.0 Å². The lowest BCUT2D eigenvalue weighted by Gasteiger charge is -2.31. The van der Waals surface area contributed by atoms with Gasteiger partial charge in [0.2, 0.25) is 0 Å². The molecule has 94 valence electrons. The second-order valence-corrected chi connectivity index (χ2v) is 4.28. The number of terminal acetylenes is 1. The predicted molar refractivity (Wildman–Crippen MR) is 70.4 cm³/mol. The Bertz CT molecular complexity index is 479. The Kier molecular flexibility index (Phi) is 3.85. The lowest BCUT2D eigenvalue weighted by atomic mass is 10.2. The number of carbonyl (C=O) groups excluding carboxylic acids is 1. The molecular formula is C14H16N2O2. The third-order valence-electron chi connectivity index (χ3n) is 2.81. The van der Waals surface area contributed by atoms with Gasteiger partial charge in [0, 0.05) is 24.3 Å². The summed E-state index contributed by atoms with van der Waals surface area (Å²) in [5.41, 5.74) is 1.47. The SMILES string of the molecule is C#Cc1cccc(NC(=O)N2CCOC(C)C2)c1. The van der Waals surface area contributed by atoms with Crippen molar-refractivity contribution in [2.24, 2.45) is 0 Å². The van der Waals surface area contributed by atoms with Crippen molar-refractivity contribution in [3.8, 4) is 12.3 Å². The lowest BCUT2D eigenvalue weighted by Crippen LogP contribution is -2.46. The zero-order chi connectivity index (χ0) is 13.0. The van der Waals surface area contributed by atoms with Gasteiger partial charge in [0.05, 0.1) is 12.7 Å². The zero-order valence-electron chi connectivity index (χ0n) is 10.3. The van der Waals surface area contributed by atoms with E-state index in [1.807, 2.05) is 25.1 Å². The van der Waals surface area contributed by atoms with E-state index in [4.69, 9.17) is 11.2 Å². The number of morpholine rings is 1. The Morgan fingerprint density at radius 3 is 3.17 bits per heavy atom. The number of nitrogens with zero attached hydrogens (tertiary/aromatic N) is 1. The fourth-order valence-electron chi connectivity index (χ4n) is 1.89. The van der Waals surface area contributed by atoms with Gasteiger partial charge in [-0.1, -0.05) is 12.0 Å². The molecule has 1 unspecified atom stereocenters. The maximum absolute atomic E-state index is 12.0. The quantitative estimate of drug-likeness (QED) is 0.767. The minimum Gasteiger partial charge on any atom is -0.375 e. The monoisotopic (exact) mass is 244 g/mol. The molecule has 1 aromatic carbocycles. The predicted octanol–water partition coefficient (Wildman–Crippen LogP) is 1.92. The Morgan fingerprint density at radius 1 is 1.61 bits per heavy atom. The van der Waals surface area contributed by atoms with E-state index in [2.05, 4.69) is 11.2 Å². The number of carbonyl (C=O) groups is 1. The largest absolute Gasteiger partial charge is 0.375 e. The van der Waals surface area contributed by atoms with E-state index in [0.29, 0.717) is 19.7 Å². The van der Waals surface area contributed by atoms with Crippen molar-refractivity contribution in [3.05, 3.63) is 29.8 Å². The van der Waals surface area contributed by atoms with Gasteiger partial charge in [-0.3, -0.25) is 0 Å². The highest BCUT2D eigenvalue weighted by Crippen LogP contribution is 2.12. The molecule has 18 heavy (non-hydrogen) atoms. The Hall–Kier alpha value is -1.99. The highest BCUT2D eigenvalue weighted by atomic mass is 16.5. The van der Waals surface area contributed by atoms with Crippen molar-refractivity contribution in [2.45, 2.75) is 13.0 Å². The van der Waals surface area contributed by atoms with Gasteiger partial charge in [0.15, 0.2) is 0 Å². The number of urea groups is 1. The Balaban J connectivity index is 2.00. The summed E-state index contributed by atoms with van der Waals surface area (Å²) in [6.07, 6.45) is 5.41. The average Bonchev–Trinajstić information content (AvgIpc) is 2.39. The van der Waals surface area contributed by atoms with Crippen LogP contribution in [0.1, 0.15) is 12.5 Å². The van der Waals surface area contributed by atoms with E-state index in [1.165, 1.54) is 0 Å². The van der Waals surface area contributed by atoms with Gasteiger partial charge in [0.25, 0.3) is 0 Å². The summed E-state index contributed by atoms with van der Waals surface area (Å²) < 4.78 is 5.40. The molecule has 4 nitrogen and oxygen atoms in total. The second-order valence-electron chi connectivity index (χ2n) is 4.28. The first-order chi connectivity index (χ1) is 8.69. The number of ether oxygens (including phenoxy) is 1. The molecule has 2 rings (SSSR count). The molecule has 1 N–H and O–H groups in total. The minimum atomic E-state index is -0.112. The third kappa shape index (κ3) is 3.02. The molecule has 1 aromatic rings. The Morgan fingerprint density at radius 2 is 2.44 bits per heavy atom. The highest BCUT2D eigenvalue weighted by Gasteiger charge is 2.21. The molecule has 1 saturated heterocycles. The number of hydrogen-bond acceptors (Lipinski definition) is 2. The molecule has 2 amide bonds. The molecular weight excluding hydrogens is 228 g/mol. The minimum absolute atomic E-state index is 0.0848. The van der Waals surface area contributed by atoms with Crippen molar-refractivity contribution in [1.82, 2.24) is 4.90 Å². The van der Waals surface area contributed by atoms with Gasteiger partial charge in [-0.25, -0.2) is 4.79 Å². The van der Waals surface area contributed by atoms with Crippen LogP contribution in [0, 0.1) is 12.3 Å². The zero-order valence-corrected chi connectivity index (χ0v) is 10.3. The van der Waals surface area contributed by atoms with Crippen LogP contribution in [0.4, 0.5) is 10.5 Å². The van der Waals surface area contributed by atoms with Gasteiger partial charge >= 0.3 is 6.03 Å². The van der Waals surface area contributed by atoms with E-state index >= 15 is 0 Å². The molecule has 4 heteroatoms. The van der Waals surface area contributed by atoms with Crippen LogP contribution >= 0.6 is 0 Å². The first kappa shape index (κ1) is 12.5. The topological polar surface area (TPSA) is 41.6 Å². The van der Waals surface area contributed by atoms with Crippen molar-refractivity contribution >= 4 is 11.7 Å². The average molecular weight is 244 g/mol. The van der Waals surface area contributed by atoms with Crippen LogP contribution in [0.25, 0.3) is 0 Å². The smallest absolute Gasteiger partial charge is 0.322 e. The molecule has 0 aliphatic carbocycles. The summed E-state index contributed by atoms with van der Waals surface area (Å²) in [7, 11) is 0. The summed E-state index contributed by atoms with van der Waals surface area (Å²) in [4.78, 5) is 13.8. The molecule has 1 aliphatic rings. The van der Waals surface area contributed by atoms with Crippen LogP contribution in [0.5, 0.6) is 0 Å². The van der Waals surface area contributed by atoms with Crippen LogP contribution in [0.15, 0.2) is 24.3 Å². The summed E-state index contributed by atoms with van der Waals surface area (Å²) in [6.45, 7) is 3.77. The molecule has 0 saturated carbocycles. The van der Waals surface area contributed by atoms with Gasteiger partial charge in [-0.05, 0) is 25.1 Å². The summed E-state index contributed by atoms with van der Waals surface area (Å²) in [6, 6.07) is 7.14. The number of nitrogens with one attached hydrogen (secondary N) is 1. The van der Waals surface area contributed by atoms with Gasteiger partial charge in [-0.2, -0.15) is 0 Å². The first-order valence-electron chi connectivity index (χ1n) is 5.93. The fourth-order valence-corrected chi connectivity index (χ4v) is 1.89. The molecule has 1 heterocycles. The first-order valence-corrected chi connectivity index (χ1v) is 5.93. The van der Waals surface area contributed by atoms with Crippen LogP contribution < -0.4 is 5.32 Å². The van der Waals surface area contributed by atoms with Gasteiger partial charge < -0.3 is 15.0 Å². The van der Waals surface area contributed by atoms with E-state index in [9.17, 15) is 4.79 Å². The van der Waals surface area contributed by atoms with E-state index in [1.54, 1.807) is 11.0 Å². The van der Waals surface area contributed by atoms with Crippen molar-refractivity contribution in [1.29, 1.82) is 0 Å². The fraction of sp³-hybridized carbons (Fsp3) is 0.357. The van der Waals surface area contributed by atoms with Gasteiger partial charge in [-0.15, -0.1) is 6.42 Å². The van der Waals surface area contributed by atoms with Crippen LogP contribution in [0.3, 0.4) is 0 Å². The van der Waals surface area contributed by atoms with Gasteiger partial charge in [0.1, 0.15) is 0 Å².